The number of benzene rings is 1. The Morgan fingerprint density at radius 3 is 2.65 bits per heavy atom. The lowest BCUT2D eigenvalue weighted by Crippen LogP contribution is -2.42. The Morgan fingerprint density at radius 1 is 1.06 bits per heavy atom. The van der Waals surface area contributed by atoms with Crippen molar-refractivity contribution in [2.24, 2.45) is 0 Å². The van der Waals surface area contributed by atoms with Crippen molar-refractivity contribution in [3.05, 3.63) is 52.2 Å². The average Bonchev–Trinajstić information content (AvgIpc) is 3.46. The van der Waals surface area contributed by atoms with Crippen molar-refractivity contribution in [3.63, 3.8) is 0 Å². The lowest BCUT2D eigenvalue weighted by molar-refractivity contribution is 0.0630. The van der Waals surface area contributed by atoms with E-state index >= 15 is 0 Å². The van der Waals surface area contributed by atoms with Crippen molar-refractivity contribution in [2.75, 3.05) is 19.6 Å². The van der Waals surface area contributed by atoms with Crippen LogP contribution >= 0.6 is 11.3 Å². The number of rotatable bonds is 3. The van der Waals surface area contributed by atoms with E-state index in [0.717, 1.165) is 48.2 Å². The van der Waals surface area contributed by atoms with Gasteiger partial charge in [-0.15, -0.1) is 11.3 Å². The molecule has 1 atom stereocenters. The molecule has 4 heterocycles. The Kier molecular flexibility index (Phi) is 5.52. The van der Waals surface area contributed by atoms with Crippen molar-refractivity contribution in [1.82, 2.24) is 14.8 Å². The lowest BCUT2D eigenvalue weighted by Gasteiger charge is -2.33. The van der Waals surface area contributed by atoms with Crippen LogP contribution in [0, 0.1) is 0 Å². The molecule has 2 amide bonds. The van der Waals surface area contributed by atoms with Crippen LogP contribution in [0.1, 0.15) is 71.0 Å². The van der Waals surface area contributed by atoms with Crippen molar-refractivity contribution in [2.45, 2.75) is 51.0 Å². The number of para-hydroxylation sites is 1. The molecule has 2 saturated heterocycles. The Hall–Kier alpha value is -2.67. The zero-order valence-electron chi connectivity index (χ0n) is 17.8. The summed E-state index contributed by atoms with van der Waals surface area (Å²) in [5.74, 6) is 0.707. The molecule has 3 aromatic rings. The highest BCUT2D eigenvalue weighted by atomic mass is 32.1. The predicted octanol–water partition coefficient (Wildman–Crippen LogP) is 4.92. The van der Waals surface area contributed by atoms with Crippen LogP contribution in [0.5, 0.6) is 0 Å². The fraction of sp³-hybridized carbons (Fsp3) is 0.458. The Labute approximate surface area is 185 Å². The van der Waals surface area contributed by atoms with Gasteiger partial charge in [-0.25, -0.2) is 4.98 Å². The number of thiazole rings is 1. The van der Waals surface area contributed by atoms with E-state index in [1.807, 2.05) is 45.5 Å². The summed E-state index contributed by atoms with van der Waals surface area (Å²) in [4.78, 5) is 34.3. The van der Waals surface area contributed by atoms with Crippen LogP contribution in [0.15, 0.2) is 40.1 Å². The van der Waals surface area contributed by atoms with Crippen LogP contribution in [-0.4, -0.2) is 52.3 Å². The van der Waals surface area contributed by atoms with E-state index in [1.165, 1.54) is 6.42 Å². The first kappa shape index (κ1) is 20.2. The molecule has 5 rings (SSSR count). The van der Waals surface area contributed by atoms with Gasteiger partial charge in [0.25, 0.3) is 11.8 Å². The van der Waals surface area contributed by atoms with Gasteiger partial charge < -0.3 is 14.2 Å². The fourth-order valence-electron chi connectivity index (χ4n) is 4.69. The minimum atomic E-state index is -0.0521. The third kappa shape index (κ3) is 3.99. The molecule has 6 nitrogen and oxygen atoms in total. The summed E-state index contributed by atoms with van der Waals surface area (Å²) in [7, 11) is 0. The third-order valence-electron chi connectivity index (χ3n) is 6.57. The summed E-state index contributed by atoms with van der Waals surface area (Å²) in [5.41, 5.74) is 1.32. The number of carbonyl (C=O) groups is 2. The summed E-state index contributed by atoms with van der Waals surface area (Å²) in [6.07, 6.45) is 5.05. The number of piperidine rings is 2. The molecule has 2 fully saturated rings. The second-order valence-corrected chi connectivity index (χ2v) is 9.52. The molecule has 0 spiro atoms. The van der Waals surface area contributed by atoms with Crippen molar-refractivity contribution >= 4 is 34.1 Å². The molecule has 0 bridgehead atoms. The van der Waals surface area contributed by atoms with Crippen LogP contribution in [-0.2, 0) is 0 Å². The molecule has 0 N–H and O–H groups in total. The second-order valence-electron chi connectivity index (χ2n) is 8.63. The number of nitrogens with zero attached hydrogens (tertiary/aromatic N) is 3. The number of aromatic nitrogens is 1. The molecule has 7 heteroatoms. The molecular formula is C24H27N3O3S. The van der Waals surface area contributed by atoms with Crippen LogP contribution in [0.3, 0.4) is 0 Å². The SMILES string of the molecule is CC1CCCCN1C(=O)c1csc(C2CCN(C(=O)c3cc4ccccc4o3)CC2)n1. The molecule has 2 aliphatic heterocycles. The highest BCUT2D eigenvalue weighted by Crippen LogP contribution is 2.32. The third-order valence-corrected chi connectivity index (χ3v) is 7.58. The minimum Gasteiger partial charge on any atom is -0.451 e. The van der Waals surface area contributed by atoms with Gasteiger partial charge in [-0.05, 0) is 51.2 Å². The molecule has 0 aliphatic carbocycles. The maximum atomic E-state index is 12.9. The zero-order valence-corrected chi connectivity index (χ0v) is 18.6. The number of carbonyl (C=O) groups excluding carboxylic acids is 2. The van der Waals surface area contributed by atoms with E-state index in [1.54, 1.807) is 11.3 Å². The first-order chi connectivity index (χ1) is 15.1. The molecule has 31 heavy (non-hydrogen) atoms. The van der Waals surface area contributed by atoms with Gasteiger partial charge in [-0.1, -0.05) is 18.2 Å². The van der Waals surface area contributed by atoms with Gasteiger partial charge in [-0.3, -0.25) is 9.59 Å². The lowest BCUT2D eigenvalue weighted by atomic mass is 9.97. The highest BCUT2D eigenvalue weighted by molar-refractivity contribution is 7.09. The van der Waals surface area contributed by atoms with Crippen LogP contribution < -0.4 is 0 Å². The molecule has 0 saturated carbocycles. The predicted molar refractivity (Wildman–Crippen MR) is 121 cm³/mol. The van der Waals surface area contributed by atoms with Crippen molar-refractivity contribution in [3.8, 4) is 0 Å². The van der Waals surface area contributed by atoms with Gasteiger partial charge in [0.2, 0.25) is 0 Å². The monoisotopic (exact) mass is 437 g/mol. The van der Waals surface area contributed by atoms with E-state index < -0.39 is 0 Å². The summed E-state index contributed by atoms with van der Waals surface area (Å²) in [6.45, 7) is 4.30. The normalized spacial score (nSPS) is 20.4. The Morgan fingerprint density at radius 2 is 1.87 bits per heavy atom. The maximum absolute atomic E-state index is 12.9. The molecular weight excluding hydrogens is 410 g/mol. The minimum absolute atomic E-state index is 0.0521. The average molecular weight is 438 g/mol. The number of hydrogen-bond acceptors (Lipinski definition) is 5. The maximum Gasteiger partial charge on any atom is 0.289 e. The van der Waals surface area contributed by atoms with E-state index in [0.29, 0.717) is 36.5 Å². The van der Waals surface area contributed by atoms with Crippen molar-refractivity contribution < 1.29 is 14.0 Å². The topological polar surface area (TPSA) is 66.7 Å². The van der Waals surface area contributed by atoms with Gasteiger partial charge in [0.05, 0.1) is 5.01 Å². The molecule has 1 unspecified atom stereocenters. The summed E-state index contributed by atoms with van der Waals surface area (Å²) < 4.78 is 5.75. The fourth-order valence-corrected chi connectivity index (χ4v) is 5.66. The van der Waals surface area contributed by atoms with E-state index in [4.69, 9.17) is 9.40 Å². The molecule has 0 radical (unpaired) electrons. The number of furan rings is 1. The summed E-state index contributed by atoms with van der Waals surface area (Å²) in [6, 6.07) is 9.79. The van der Waals surface area contributed by atoms with E-state index in [-0.39, 0.29) is 11.8 Å². The van der Waals surface area contributed by atoms with Gasteiger partial charge >= 0.3 is 0 Å². The van der Waals surface area contributed by atoms with Crippen molar-refractivity contribution in [1.29, 1.82) is 0 Å². The molecule has 1 aromatic carbocycles. The Balaban J connectivity index is 1.21. The van der Waals surface area contributed by atoms with E-state index in [9.17, 15) is 9.59 Å². The van der Waals surface area contributed by atoms with E-state index in [2.05, 4.69) is 6.92 Å². The smallest absolute Gasteiger partial charge is 0.289 e. The van der Waals surface area contributed by atoms with Gasteiger partial charge in [0.1, 0.15) is 11.3 Å². The molecule has 162 valence electrons. The standard InChI is InChI=1S/C24H27N3O3S/c1-16-6-4-5-11-27(16)23(28)19-15-31-22(25-19)17-9-12-26(13-10-17)24(29)21-14-18-7-2-3-8-20(18)30-21/h2-3,7-8,14-17H,4-6,9-13H2,1H3. The first-order valence-corrected chi connectivity index (χ1v) is 12.0. The molecule has 2 aliphatic rings. The second kappa shape index (κ2) is 8.46. The summed E-state index contributed by atoms with van der Waals surface area (Å²) >= 11 is 1.58. The number of amides is 2. The first-order valence-electron chi connectivity index (χ1n) is 11.1. The quantitative estimate of drug-likeness (QED) is 0.583. The van der Waals surface area contributed by atoms with Gasteiger partial charge in [-0.2, -0.15) is 0 Å². The summed E-state index contributed by atoms with van der Waals surface area (Å²) in [5, 5.41) is 3.87. The van der Waals surface area contributed by atoms with Gasteiger partial charge in [0, 0.05) is 42.4 Å². The Bertz CT molecular complexity index is 1060. The van der Waals surface area contributed by atoms with Gasteiger partial charge in [0.15, 0.2) is 5.76 Å². The number of hydrogen-bond donors (Lipinski definition) is 0. The van der Waals surface area contributed by atoms with Crippen LogP contribution in [0.4, 0.5) is 0 Å². The van der Waals surface area contributed by atoms with Crippen LogP contribution in [0.2, 0.25) is 0 Å². The number of fused-ring (bicyclic) bond motifs is 1. The largest absolute Gasteiger partial charge is 0.451 e. The molecule has 2 aromatic heterocycles. The zero-order chi connectivity index (χ0) is 21.4. The number of likely N-dealkylation sites (tertiary alicyclic amines) is 2. The highest BCUT2D eigenvalue weighted by Gasteiger charge is 2.30. The van der Waals surface area contributed by atoms with Crippen LogP contribution in [0.25, 0.3) is 11.0 Å².